The lowest BCUT2D eigenvalue weighted by Crippen LogP contribution is -2.46. The van der Waals surface area contributed by atoms with Gasteiger partial charge in [0.2, 0.25) is 0 Å². The van der Waals surface area contributed by atoms with Crippen LogP contribution in [0.3, 0.4) is 0 Å². The largest absolute Gasteiger partial charge is 0.508 e. The number of phenols is 2. The van der Waals surface area contributed by atoms with E-state index in [1.165, 1.54) is 18.2 Å². The second kappa shape index (κ2) is 5.32. The van der Waals surface area contributed by atoms with E-state index in [1.807, 2.05) is 4.90 Å². The first kappa shape index (κ1) is 13.2. The Morgan fingerprint density at radius 2 is 2.10 bits per heavy atom. The van der Waals surface area contributed by atoms with Gasteiger partial charge >= 0.3 is 0 Å². The molecule has 2 unspecified atom stereocenters. The molecule has 2 heterocycles. The van der Waals surface area contributed by atoms with Crippen molar-refractivity contribution < 1.29 is 15.0 Å². The van der Waals surface area contributed by atoms with Gasteiger partial charge in [0.05, 0.1) is 5.56 Å². The fourth-order valence-electron chi connectivity index (χ4n) is 3.35. The van der Waals surface area contributed by atoms with Crippen molar-refractivity contribution in [1.29, 1.82) is 0 Å². The summed E-state index contributed by atoms with van der Waals surface area (Å²) in [5, 5.41) is 22.8. The summed E-state index contributed by atoms with van der Waals surface area (Å²) >= 11 is 0. The maximum atomic E-state index is 12.6. The summed E-state index contributed by atoms with van der Waals surface area (Å²) in [6.45, 7) is 1.73. The Hall–Kier alpha value is -1.75. The van der Waals surface area contributed by atoms with Crippen LogP contribution in [0.5, 0.6) is 11.5 Å². The minimum Gasteiger partial charge on any atom is -0.508 e. The molecule has 0 radical (unpaired) electrons. The van der Waals surface area contributed by atoms with Gasteiger partial charge in [0.1, 0.15) is 11.5 Å². The number of hydrogen-bond donors (Lipinski definition) is 3. The molecule has 2 saturated heterocycles. The molecule has 2 aliphatic heterocycles. The number of phenolic OH excluding ortho intramolecular Hbond substituents is 2. The van der Waals surface area contributed by atoms with Crippen molar-refractivity contribution in [3.8, 4) is 11.5 Å². The molecule has 20 heavy (non-hydrogen) atoms. The van der Waals surface area contributed by atoms with Gasteiger partial charge in [-0.15, -0.1) is 0 Å². The van der Waals surface area contributed by atoms with E-state index in [0.29, 0.717) is 6.04 Å². The van der Waals surface area contributed by atoms with Crippen molar-refractivity contribution in [2.75, 3.05) is 13.1 Å². The maximum absolute atomic E-state index is 12.6. The predicted octanol–water partition coefficient (Wildman–Crippen LogP) is 1.45. The lowest BCUT2D eigenvalue weighted by atomic mass is 10.0. The van der Waals surface area contributed by atoms with Crippen LogP contribution in [0.15, 0.2) is 18.2 Å². The van der Waals surface area contributed by atoms with Crippen molar-refractivity contribution >= 4 is 5.91 Å². The average molecular weight is 276 g/mol. The molecular formula is C15H20N2O3. The Bertz CT molecular complexity index is 512. The van der Waals surface area contributed by atoms with E-state index in [9.17, 15) is 15.0 Å². The molecule has 2 atom stereocenters. The zero-order chi connectivity index (χ0) is 14.1. The summed E-state index contributed by atoms with van der Waals surface area (Å²) in [5.74, 6) is -0.256. The molecule has 0 bridgehead atoms. The van der Waals surface area contributed by atoms with Crippen molar-refractivity contribution in [3.63, 3.8) is 0 Å². The summed E-state index contributed by atoms with van der Waals surface area (Å²) in [6, 6.07) is 4.65. The molecule has 1 aromatic rings. The number of carbonyl (C=O) groups excluding carboxylic acids is 1. The maximum Gasteiger partial charge on any atom is 0.258 e. The van der Waals surface area contributed by atoms with E-state index in [4.69, 9.17) is 0 Å². The van der Waals surface area contributed by atoms with Gasteiger partial charge in [-0.1, -0.05) is 0 Å². The van der Waals surface area contributed by atoms with Gasteiger partial charge in [0.25, 0.3) is 5.91 Å². The molecule has 1 aromatic carbocycles. The molecule has 0 aromatic heterocycles. The molecular weight excluding hydrogens is 256 g/mol. The number of rotatable bonds is 2. The summed E-state index contributed by atoms with van der Waals surface area (Å²) in [4.78, 5) is 14.5. The number of likely N-dealkylation sites (tertiary alicyclic amines) is 1. The van der Waals surface area contributed by atoms with E-state index in [1.54, 1.807) is 0 Å². The first-order valence-corrected chi connectivity index (χ1v) is 7.23. The van der Waals surface area contributed by atoms with Gasteiger partial charge in [-0.3, -0.25) is 4.79 Å². The van der Waals surface area contributed by atoms with Gasteiger partial charge in [-0.25, -0.2) is 0 Å². The highest BCUT2D eigenvalue weighted by atomic mass is 16.3. The highest BCUT2D eigenvalue weighted by molar-refractivity contribution is 5.97. The Morgan fingerprint density at radius 1 is 1.25 bits per heavy atom. The molecule has 0 spiro atoms. The third-order valence-electron chi connectivity index (χ3n) is 4.33. The van der Waals surface area contributed by atoms with Crippen LogP contribution in [-0.2, 0) is 0 Å². The van der Waals surface area contributed by atoms with Gasteiger partial charge in [-0.05, 0) is 50.4 Å². The van der Waals surface area contributed by atoms with Crippen LogP contribution < -0.4 is 5.32 Å². The van der Waals surface area contributed by atoms with Crippen molar-refractivity contribution in [3.05, 3.63) is 23.8 Å². The van der Waals surface area contributed by atoms with Gasteiger partial charge in [-0.2, -0.15) is 0 Å². The van der Waals surface area contributed by atoms with Crippen LogP contribution in [0.4, 0.5) is 0 Å². The number of nitrogens with one attached hydrogen (secondary N) is 1. The van der Waals surface area contributed by atoms with Gasteiger partial charge < -0.3 is 20.4 Å². The fourth-order valence-corrected chi connectivity index (χ4v) is 3.35. The SMILES string of the molecule is O=C(c1cc(O)ccc1O)N1CCCC1C1CCCN1. The van der Waals surface area contributed by atoms with E-state index >= 15 is 0 Å². The highest BCUT2D eigenvalue weighted by Crippen LogP contribution is 2.30. The molecule has 5 heteroatoms. The van der Waals surface area contributed by atoms with E-state index < -0.39 is 0 Å². The lowest BCUT2D eigenvalue weighted by Gasteiger charge is -2.29. The second-order valence-corrected chi connectivity index (χ2v) is 5.61. The zero-order valence-electron chi connectivity index (χ0n) is 11.4. The van der Waals surface area contributed by atoms with Crippen molar-refractivity contribution in [2.45, 2.75) is 37.8 Å². The first-order chi connectivity index (χ1) is 9.66. The minimum atomic E-state index is -0.186. The summed E-state index contributed by atoms with van der Waals surface area (Å²) in [5.41, 5.74) is 0.190. The van der Waals surface area contributed by atoms with Crippen LogP contribution in [0.2, 0.25) is 0 Å². The number of carbonyl (C=O) groups is 1. The smallest absolute Gasteiger partial charge is 0.258 e. The number of amides is 1. The van der Waals surface area contributed by atoms with E-state index in [-0.39, 0.29) is 29.0 Å². The number of nitrogens with zero attached hydrogens (tertiary/aromatic N) is 1. The third kappa shape index (κ3) is 2.33. The topological polar surface area (TPSA) is 72.8 Å². The molecule has 1 amide bonds. The number of aromatic hydroxyl groups is 2. The molecule has 3 rings (SSSR count). The van der Waals surface area contributed by atoms with Crippen LogP contribution in [-0.4, -0.2) is 46.2 Å². The predicted molar refractivity (Wildman–Crippen MR) is 74.9 cm³/mol. The van der Waals surface area contributed by atoms with Crippen molar-refractivity contribution in [2.24, 2.45) is 0 Å². The number of hydrogen-bond acceptors (Lipinski definition) is 4. The monoisotopic (exact) mass is 276 g/mol. The first-order valence-electron chi connectivity index (χ1n) is 7.23. The zero-order valence-corrected chi connectivity index (χ0v) is 11.4. The number of benzene rings is 1. The van der Waals surface area contributed by atoms with E-state index in [2.05, 4.69) is 5.32 Å². The summed E-state index contributed by atoms with van der Waals surface area (Å²) in [7, 11) is 0. The highest BCUT2D eigenvalue weighted by Gasteiger charge is 2.36. The molecule has 0 saturated carbocycles. The summed E-state index contributed by atoms with van der Waals surface area (Å²) < 4.78 is 0. The van der Waals surface area contributed by atoms with Crippen LogP contribution >= 0.6 is 0 Å². The Labute approximate surface area is 118 Å². The van der Waals surface area contributed by atoms with Crippen LogP contribution in [0, 0.1) is 0 Å². The van der Waals surface area contributed by atoms with E-state index in [0.717, 1.165) is 38.8 Å². The quantitative estimate of drug-likeness (QED) is 0.715. The molecule has 2 fully saturated rings. The van der Waals surface area contributed by atoms with Crippen LogP contribution in [0.25, 0.3) is 0 Å². The molecule has 5 nitrogen and oxygen atoms in total. The Balaban J connectivity index is 1.83. The Kier molecular flexibility index (Phi) is 3.53. The normalized spacial score (nSPS) is 26.1. The second-order valence-electron chi connectivity index (χ2n) is 5.61. The van der Waals surface area contributed by atoms with Gasteiger partial charge in [0.15, 0.2) is 0 Å². The summed E-state index contributed by atoms with van der Waals surface area (Å²) in [6.07, 6.45) is 4.25. The van der Waals surface area contributed by atoms with Crippen LogP contribution in [0.1, 0.15) is 36.0 Å². The van der Waals surface area contributed by atoms with Gasteiger partial charge in [0, 0.05) is 18.6 Å². The fraction of sp³-hybridized carbons (Fsp3) is 0.533. The Morgan fingerprint density at radius 3 is 2.85 bits per heavy atom. The molecule has 2 aliphatic rings. The average Bonchev–Trinajstić information content (AvgIpc) is 3.10. The molecule has 108 valence electrons. The van der Waals surface area contributed by atoms with Crippen molar-refractivity contribution in [1.82, 2.24) is 10.2 Å². The third-order valence-corrected chi connectivity index (χ3v) is 4.33. The minimum absolute atomic E-state index is 0.000823. The lowest BCUT2D eigenvalue weighted by molar-refractivity contribution is 0.0708. The molecule has 0 aliphatic carbocycles. The standard InChI is InChI=1S/C15H20N2O3/c18-10-5-6-14(19)11(9-10)15(20)17-8-2-4-13(17)12-3-1-7-16-12/h5-6,9,12-13,16,18-19H,1-4,7-8H2. The molecule has 3 N–H and O–H groups in total.